The van der Waals surface area contributed by atoms with Gasteiger partial charge in [0.05, 0.1) is 11.1 Å². The van der Waals surface area contributed by atoms with Gasteiger partial charge in [0.1, 0.15) is 0 Å². The molecule has 302 valence electrons. The molecule has 6 aromatic carbocycles. The summed E-state index contributed by atoms with van der Waals surface area (Å²) in [7, 11) is 0. The third-order valence-electron chi connectivity index (χ3n) is 9.64. The van der Waals surface area contributed by atoms with Crippen LogP contribution in [-0.2, 0) is 12.4 Å². The summed E-state index contributed by atoms with van der Waals surface area (Å²) in [4.78, 5) is 35.8. The monoisotopic (exact) mass is 824 g/mol. The van der Waals surface area contributed by atoms with E-state index in [0.29, 0.717) is 34.1 Å². The minimum absolute atomic E-state index is 0.0102. The van der Waals surface area contributed by atoms with Gasteiger partial charge in [-0.05, 0) is 104 Å². The lowest BCUT2D eigenvalue weighted by Gasteiger charge is -2.36. The number of anilines is 6. The summed E-state index contributed by atoms with van der Waals surface area (Å²) in [6.45, 7) is 1.97. The van der Waals surface area contributed by atoms with Crippen molar-refractivity contribution in [3.05, 3.63) is 180 Å². The molecule has 0 aromatic heterocycles. The molecule has 61 heavy (non-hydrogen) atoms. The fourth-order valence-corrected chi connectivity index (χ4v) is 6.72. The molecule has 3 aliphatic heterocycles. The van der Waals surface area contributed by atoms with Gasteiger partial charge in [0.25, 0.3) is 0 Å². The predicted molar refractivity (Wildman–Crippen MR) is 226 cm³/mol. The van der Waals surface area contributed by atoms with Crippen LogP contribution in [0.1, 0.15) is 16.7 Å². The van der Waals surface area contributed by atoms with Crippen LogP contribution in [0.4, 0.5) is 60.5 Å². The fourth-order valence-electron chi connectivity index (χ4n) is 6.72. The Labute approximate surface area is 344 Å². The van der Waals surface area contributed by atoms with Crippen molar-refractivity contribution in [2.75, 3.05) is 14.7 Å². The molecule has 0 saturated heterocycles. The summed E-state index contributed by atoms with van der Waals surface area (Å²) >= 11 is 0. The van der Waals surface area contributed by atoms with Gasteiger partial charge in [0, 0.05) is 34.1 Å². The van der Waals surface area contributed by atoms with E-state index in [1.54, 1.807) is 70.5 Å². The third-order valence-corrected chi connectivity index (χ3v) is 9.64. The summed E-state index contributed by atoms with van der Waals surface area (Å²) in [5.41, 5.74) is 2.38. The van der Waals surface area contributed by atoms with E-state index < -0.39 is 23.5 Å². The van der Waals surface area contributed by atoms with Gasteiger partial charge in [-0.3, -0.25) is 14.7 Å². The maximum Gasteiger partial charge on any atom is 0.416 e. The van der Waals surface area contributed by atoms with Crippen LogP contribution < -0.4 is 14.7 Å². The first kappa shape index (κ1) is 38.6. The molecule has 0 amide bonds. The molecule has 0 spiro atoms. The Morgan fingerprint density at radius 2 is 0.607 bits per heavy atom. The number of guanidine groups is 6. The Kier molecular flexibility index (Phi) is 9.74. The molecule has 0 atom stereocenters. The topological polar surface area (TPSA) is 87.1 Å². The largest absolute Gasteiger partial charge is 0.416 e. The number of halogens is 6. The Morgan fingerprint density at radius 3 is 0.885 bits per heavy atom. The molecule has 0 unspecified atom stereocenters. The van der Waals surface area contributed by atoms with Gasteiger partial charge in [0.15, 0.2) is 0 Å². The van der Waals surface area contributed by atoms with E-state index in [9.17, 15) is 26.3 Å². The minimum Gasteiger partial charge on any atom is -0.279 e. The van der Waals surface area contributed by atoms with E-state index in [1.165, 1.54) is 29.2 Å². The number of rotatable bonds is 6. The predicted octanol–water partition coefficient (Wildman–Crippen LogP) is 11.3. The maximum absolute atomic E-state index is 13.7. The molecule has 6 aromatic rings. The Hall–Kier alpha value is -7.88. The van der Waals surface area contributed by atoms with Crippen molar-refractivity contribution in [2.24, 2.45) is 30.0 Å². The second-order valence-corrected chi connectivity index (χ2v) is 13.7. The van der Waals surface area contributed by atoms with Crippen LogP contribution in [0.15, 0.2) is 194 Å². The molecule has 0 bridgehead atoms. The van der Waals surface area contributed by atoms with Gasteiger partial charge < -0.3 is 0 Å². The summed E-state index contributed by atoms with van der Waals surface area (Å²) in [6.07, 6.45) is -9.15. The molecular formula is C45H30F6N10. The molecule has 10 nitrogen and oxygen atoms in total. The Balaban J connectivity index is 1.27. The lowest BCUT2D eigenvalue weighted by Crippen LogP contribution is -2.51. The molecule has 0 N–H and O–H groups in total. The first-order valence-electron chi connectivity index (χ1n) is 18.7. The molecule has 3 heterocycles. The van der Waals surface area contributed by atoms with Gasteiger partial charge in [-0.15, -0.1) is 0 Å². The maximum atomic E-state index is 13.7. The van der Waals surface area contributed by atoms with E-state index in [-0.39, 0.29) is 35.8 Å². The van der Waals surface area contributed by atoms with E-state index in [0.717, 1.165) is 29.8 Å². The highest BCUT2D eigenvalue weighted by Gasteiger charge is 2.40. The number of nitrogens with zero attached hydrogens (tertiary/aromatic N) is 10. The molecule has 0 saturated carbocycles. The first-order valence-corrected chi connectivity index (χ1v) is 18.7. The number of aryl methyl sites for hydroxylation is 1. The number of para-hydroxylation sites is 3. The number of aliphatic imine (C=N–C) groups is 6. The second-order valence-electron chi connectivity index (χ2n) is 13.7. The number of alkyl halides is 6. The van der Waals surface area contributed by atoms with Crippen LogP contribution in [0.25, 0.3) is 0 Å². The van der Waals surface area contributed by atoms with Crippen LogP contribution >= 0.6 is 0 Å². The van der Waals surface area contributed by atoms with Crippen LogP contribution in [0.5, 0.6) is 0 Å². The molecule has 9 rings (SSSR count). The number of benzene rings is 6. The number of hydrogen-bond donors (Lipinski definition) is 0. The number of hydrogen-bond acceptors (Lipinski definition) is 10. The lowest BCUT2D eigenvalue weighted by atomic mass is 10.1. The molecule has 16 heteroatoms. The van der Waals surface area contributed by atoms with Crippen molar-refractivity contribution < 1.29 is 26.3 Å². The molecule has 0 fully saturated rings. The van der Waals surface area contributed by atoms with E-state index in [4.69, 9.17) is 30.0 Å². The summed E-state index contributed by atoms with van der Waals surface area (Å²) in [5.74, 6) is 0.176. The van der Waals surface area contributed by atoms with Crippen molar-refractivity contribution in [1.29, 1.82) is 0 Å². The van der Waals surface area contributed by atoms with Crippen molar-refractivity contribution in [3.63, 3.8) is 0 Å². The zero-order valence-electron chi connectivity index (χ0n) is 31.8. The van der Waals surface area contributed by atoms with Crippen molar-refractivity contribution in [2.45, 2.75) is 19.3 Å². The van der Waals surface area contributed by atoms with Crippen LogP contribution in [0.2, 0.25) is 0 Å². The standard InChI is InChI=1S/C45H30F6N10/c1-29-17-23-35(24-18-29)58(32-11-5-2-6-12-32)38-52-41-54-39(59(33-13-7-3-8-14-33)36-25-19-30(20-26-36)44(46,47)48)56-43-57-40(55-42(53-38)61(41)43)60(34-15-9-4-10-16-34)37-27-21-31(22-28-37)45(49,50)51/h2-28H,1H3. The smallest absolute Gasteiger partial charge is 0.279 e. The first-order chi connectivity index (χ1) is 29.4. The van der Waals surface area contributed by atoms with E-state index in [2.05, 4.69) is 0 Å². The fraction of sp³-hybridized carbons (Fsp3) is 0.0667. The zero-order chi connectivity index (χ0) is 42.3. The van der Waals surface area contributed by atoms with Gasteiger partial charge in [-0.25, -0.2) is 4.90 Å². The van der Waals surface area contributed by atoms with Crippen LogP contribution in [-0.4, -0.2) is 40.7 Å². The zero-order valence-corrected chi connectivity index (χ0v) is 31.8. The lowest BCUT2D eigenvalue weighted by molar-refractivity contribution is -0.138. The highest BCUT2D eigenvalue weighted by Crippen LogP contribution is 2.37. The van der Waals surface area contributed by atoms with Crippen molar-refractivity contribution in [3.8, 4) is 0 Å². The third kappa shape index (κ3) is 7.73. The van der Waals surface area contributed by atoms with E-state index in [1.807, 2.05) is 66.4 Å². The average Bonchev–Trinajstić information content (AvgIpc) is 3.25. The van der Waals surface area contributed by atoms with Gasteiger partial charge in [0.2, 0.25) is 35.8 Å². The summed E-state index contributed by atoms with van der Waals surface area (Å²) in [6, 6.07) is 43.9. The van der Waals surface area contributed by atoms with Gasteiger partial charge in [-0.2, -0.15) is 56.3 Å². The highest BCUT2D eigenvalue weighted by atomic mass is 19.4. The molecule has 3 aliphatic rings. The van der Waals surface area contributed by atoms with E-state index >= 15 is 0 Å². The molecule has 0 aliphatic carbocycles. The molecular weight excluding hydrogens is 795 g/mol. The highest BCUT2D eigenvalue weighted by molar-refractivity contribution is 6.34. The Morgan fingerprint density at radius 1 is 0.344 bits per heavy atom. The Bertz CT molecular complexity index is 2660. The van der Waals surface area contributed by atoms with Crippen molar-refractivity contribution in [1.82, 2.24) is 4.90 Å². The second kappa shape index (κ2) is 15.4. The minimum atomic E-state index is -4.57. The van der Waals surface area contributed by atoms with Gasteiger partial charge in [-0.1, -0.05) is 72.3 Å². The SMILES string of the molecule is Cc1ccc(N(C2=NC3=NC(N(c4ccccc4)c4ccc(C(F)(F)F)cc4)=NC4=NC(N(c5ccccc5)c5ccc(C(F)(F)F)cc5)=NC(=N2)N34)c2ccccc2)cc1. The van der Waals surface area contributed by atoms with Crippen molar-refractivity contribution >= 4 is 69.9 Å². The normalized spacial score (nSPS) is 14.7. The summed E-state index contributed by atoms with van der Waals surface area (Å²) in [5, 5.41) is 0. The molecule has 0 radical (unpaired) electrons. The van der Waals surface area contributed by atoms with Gasteiger partial charge >= 0.3 is 12.4 Å². The average molecular weight is 825 g/mol. The summed E-state index contributed by atoms with van der Waals surface area (Å²) < 4.78 is 82.4. The van der Waals surface area contributed by atoms with Crippen LogP contribution in [0.3, 0.4) is 0 Å². The quantitative estimate of drug-likeness (QED) is 0.157. The van der Waals surface area contributed by atoms with Crippen LogP contribution in [0, 0.1) is 6.92 Å².